The molecule has 0 aliphatic heterocycles. The Hall–Kier alpha value is -3.65. The van der Waals surface area contributed by atoms with E-state index in [4.69, 9.17) is 0 Å². The predicted octanol–water partition coefficient (Wildman–Crippen LogP) is 5.30. The normalized spacial score (nSPS) is 11.5. The third-order valence-corrected chi connectivity index (χ3v) is 7.05. The highest BCUT2D eigenvalue weighted by Gasteiger charge is 2.30. The van der Waals surface area contributed by atoms with Crippen molar-refractivity contribution in [1.82, 2.24) is 10.2 Å². The van der Waals surface area contributed by atoms with E-state index in [9.17, 15) is 19.7 Å². The molecule has 0 spiro atoms. The first-order chi connectivity index (χ1) is 17.9. The van der Waals surface area contributed by atoms with Crippen molar-refractivity contribution in [1.29, 1.82) is 0 Å². The third kappa shape index (κ3) is 8.46. The molecule has 0 aliphatic rings. The molecule has 0 fully saturated rings. The molecule has 7 nitrogen and oxygen atoms in total. The molecule has 3 aromatic rings. The van der Waals surface area contributed by atoms with Crippen LogP contribution in [0.3, 0.4) is 0 Å². The van der Waals surface area contributed by atoms with Gasteiger partial charge in [0.1, 0.15) is 6.04 Å². The highest BCUT2D eigenvalue weighted by molar-refractivity contribution is 7.99. The zero-order chi connectivity index (χ0) is 26.6. The van der Waals surface area contributed by atoms with Crippen LogP contribution in [-0.4, -0.2) is 40.0 Å². The Morgan fingerprint density at radius 3 is 2.30 bits per heavy atom. The fourth-order valence-corrected chi connectivity index (χ4v) is 4.81. The van der Waals surface area contributed by atoms with Gasteiger partial charge in [-0.25, -0.2) is 0 Å². The Balaban J connectivity index is 1.81. The lowest BCUT2D eigenvalue weighted by atomic mass is 10.0. The zero-order valence-electron chi connectivity index (χ0n) is 21.3. The molecule has 0 saturated carbocycles. The van der Waals surface area contributed by atoms with Crippen molar-refractivity contribution >= 4 is 29.3 Å². The van der Waals surface area contributed by atoms with Gasteiger partial charge in [0.2, 0.25) is 11.8 Å². The van der Waals surface area contributed by atoms with Crippen LogP contribution in [-0.2, 0) is 28.3 Å². The van der Waals surface area contributed by atoms with Gasteiger partial charge in [-0.1, -0.05) is 73.7 Å². The van der Waals surface area contributed by atoms with E-state index in [2.05, 4.69) is 5.32 Å². The van der Waals surface area contributed by atoms with Gasteiger partial charge in [0.05, 0.1) is 10.7 Å². The van der Waals surface area contributed by atoms with E-state index in [0.717, 1.165) is 28.7 Å². The molecule has 3 aromatic carbocycles. The molecule has 8 heteroatoms. The summed E-state index contributed by atoms with van der Waals surface area (Å²) < 4.78 is 0. The first kappa shape index (κ1) is 27.9. The summed E-state index contributed by atoms with van der Waals surface area (Å²) in [6.45, 7) is 4.88. The molecule has 37 heavy (non-hydrogen) atoms. The molecule has 0 saturated heterocycles. The summed E-state index contributed by atoms with van der Waals surface area (Å²) >= 11 is 1.43. The number of carbonyl (C=O) groups is 2. The van der Waals surface area contributed by atoms with Gasteiger partial charge in [0.25, 0.3) is 5.69 Å². The van der Waals surface area contributed by atoms with Gasteiger partial charge in [-0.2, -0.15) is 0 Å². The highest BCUT2D eigenvalue weighted by Crippen LogP contribution is 2.21. The predicted molar refractivity (Wildman–Crippen MR) is 148 cm³/mol. The number of amides is 2. The average molecular weight is 520 g/mol. The topological polar surface area (TPSA) is 92.6 Å². The number of nitro benzene ring substituents is 1. The lowest BCUT2D eigenvalue weighted by Gasteiger charge is -2.32. The van der Waals surface area contributed by atoms with E-state index in [1.807, 2.05) is 68.4 Å². The van der Waals surface area contributed by atoms with E-state index >= 15 is 0 Å². The number of carbonyl (C=O) groups excluding carboxylic acids is 2. The molecule has 1 atom stereocenters. The molecular formula is C29H33N3O4S. The Morgan fingerprint density at radius 2 is 1.65 bits per heavy atom. The number of hydrogen-bond donors (Lipinski definition) is 1. The number of nitrogens with zero attached hydrogens (tertiary/aromatic N) is 2. The SMILES string of the molecule is CCCNC(=O)[C@@H](Cc1ccccc1)N(Cc1ccccc1C)C(=O)CSCc1ccc([N+](=O)[O-])cc1. The number of nitrogens with one attached hydrogen (secondary N) is 1. The Labute approximate surface area is 222 Å². The number of nitro groups is 1. The van der Waals surface area contributed by atoms with Crippen LogP contribution in [0.25, 0.3) is 0 Å². The molecule has 194 valence electrons. The van der Waals surface area contributed by atoms with E-state index in [-0.39, 0.29) is 23.3 Å². The van der Waals surface area contributed by atoms with E-state index < -0.39 is 11.0 Å². The maximum Gasteiger partial charge on any atom is 0.269 e. The number of benzene rings is 3. The largest absolute Gasteiger partial charge is 0.354 e. The van der Waals surface area contributed by atoms with Crippen LogP contribution in [0.5, 0.6) is 0 Å². The molecule has 1 N–H and O–H groups in total. The van der Waals surface area contributed by atoms with Crippen molar-refractivity contribution in [3.63, 3.8) is 0 Å². The first-order valence-electron chi connectivity index (χ1n) is 12.4. The van der Waals surface area contributed by atoms with Crippen molar-refractivity contribution in [2.75, 3.05) is 12.3 Å². The average Bonchev–Trinajstić information content (AvgIpc) is 2.91. The van der Waals surface area contributed by atoms with Gasteiger partial charge in [-0.15, -0.1) is 11.8 Å². The second kappa shape index (κ2) is 14.2. The first-order valence-corrected chi connectivity index (χ1v) is 13.5. The molecule has 3 rings (SSSR count). The van der Waals surface area contributed by atoms with Crippen LogP contribution < -0.4 is 5.32 Å². The van der Waals surface area contributed by atoms with Gasteiger partial charge in [0, 0.05) is 37.4 Å². The van der Waals surface area contributed by atoms with Crippen LogP contribution in [0.15, 0.2) is 78.9 Å². The molecule has 0 aliphatic carbocycles. The van der Waals surface area contributed by atoms with Crippen molar-refractivity contribution in [2.45, 2.75) is 45.0 Å². The maximum atomic E-state index is 13.6. The molecule has 0 bridgehead atoms. The van der Waals surface area contributed by atoms with Crippen LogP contribution in [0.2, 0.25) is 0 Å². The third-order valence-electron chi connectivity index (χ3n) is 6.06. The summed E-state index contributed by atoms with van der Waals surface area (Å²) in [5.41, 5.74) is 3.98. The zero-order valence-corrected chi connectivity index (χ0v) is 22.1. The number of thioether (sulfide) groups is 1. The summed E-state index contributed by atoms with van der Waals surface area (Å²) in [6.07, 6.45) is 1.22. The van der Waals surface area contributed by atoms with Crippen molar-refractivity contribution in [2.24, 2.45) is 0 Å². The molecule has 0 unspecified atom stereocenters. The van der Waals surface area contributed by atoms with E-state index in [1.54, 1.807) is 17.0 Å². The van der Waals surface area contributed by atoms with Crippen molar-refractivity contribution in [3.8, 4) is 0 Å². The minimum Gasteiger partial charge on any atom is -0.354 e. The smallest absolute Gasteiger partial charge is 0.269 e. The Bertz CT molecular complexity index is 1190. The highest BCUT2D eigenvalue weighted by atomic mass is 32.2. The monoisotopic (exact) mass is 519 g/mol. The second-order valence-electron chi connectivity index (χ2n) is 8.86. The summed E-state index contributed by atoms with van der Waals surface area (Å²) in [5.74, 6) is 0.443. The summed E-state index contributed by atoms with van der Waals surface area (Å²) in [4.78, 5) is 39.1. The lowest BCUT2D eigenvalue weighted by molar-refractivity contribution is -0.384. The summed E-state index contributed by atoms with van der Waals surface area (Å²) in [5, 5.41) is 13.9. The van der Waals surface area contributed by atoms with E-state index in [1.165, 1.54) is 23.9 Å². The quantitative estimate of drug-likeness (QED) is 0.244. The standard InChI is InChI=1S/C29H33N3O4S/c1-3-17-30-29(34)27(18-23-10-5-4-6-11-23)31(19-25-12-8-7-9-22(25)2)28(33)21-37-20-24-13-15-26(16-14-24)32(35)36/h4-16,27H,3,17-21H2,1-2H3,(H,30,34)/t27-/m1/s1. The van der Waals surface area contributed by atoms with Crippen LogP contribution >= 0.6 is 11.8 Å². The van der Waals surface area contributed by atoms with E-state index in [0.29, 0.717) is 25.3 Å². The number of non-ortho nitro benzene ring substituents is 1. The molecule has 0 aromatic heterocycles. The van der Waals surface area contributed by atoms with Crippen LogP contribution in [0.4, 0.5) is 5.69 Å². The fraction of sp³-hybridized carbons (Fsp3) is 0.310. The van der Waals surface area contributed by atoms with Crippen molar-refractivity contribution in [3.05, 3.63) is 111 Å². The summed E-state index contributed by atoms with van der Waals surface area (Å²) in [6, 6.07) is 23.3. The van der Waals surface area contributed by atoms with Crippen LogP contribution in [0.1, 0.15) is 35.6 Å². The molecule has 0 heterocycles. The molecular weight excluding hydrogens is 486 g/mol. The Kier molecular flexibility index (Phi) is 10.7. The second-order valence-corrected chi connectivity index (χ2v) is 9.85. The van der Waals surface area contributed by atoms with Gasteiger partial charge in [-0.05, 0) is 35.6 Å². The minimum atomic E-state index is -0.652. The lowest BCUT2D eigenvalue weighted by Crippen LogP contribution is -2.51. The van der Waals surface area contributed by atoms with Gasteiger partial charge in [-0.3, -0.25) is 19.7 Å². The van der Waals surface area contributed by atoms with Crippen molar-refractivity contribution < 1.29 is 14.5 Å². The molecule has 0 radical (unpaired) electrons. The number of aryl methyl sites for hydroxylation is 1. The Morgan fingerprint density at radius 1 is 0.973 bits per heavy atom. The van der Waals surface area contributed by atoms with Gasteiger partial charge in [0.15, 0.2) is 0 Å². The molecule has 2 amide bonds. The summed E-state index contributed by atoms with van der Waals surface area (Å²) in [7, 11) is 0. The minimum absolute atomic E-state index is 0.0380. The maximum absolute atomic E-state index is 13.6. The number of hydrogen-bond acceptors (Lipinski definition) is 5. The van der Waals surface area contributed by atoms with Gasteiger partial charge < -0.3 is 10.2 Å². The number of rotatable bonds is 13. The fourth-order valence-electron chi connectivity index (χ4n) is 3.94. The van der Waals surface area contributed by atoms with Gasteiger partial charge >= 0.3 is 0 Å². The van der Waals surface area contributed by atoms with Crippen LogP contribution in [0, 0.1) is 17.0 Å².